The molecule has 0 bridgehead atoms. The van der Waals surface area contributed by atoms with Gasteiger partial charge in [-0.15, -0.1) is 0 Å². The summed E-state index contributed by atoms with van der Waals surface area (Å²) in [6.07, 6.45) is 3.57. The van der Waals surface area contributed by atoms with Crippen molar-refractivity contribution in [1.82, 2.24) is 9.88 Å². The van der Waals surface area contributed by atoms with Gasteiger partial charge >= 0.3 is 0 Å². The third-order valence-electron chi connectivity index (χ3n) is 3.64. The van der Waals surface area contributed by atoms with E-state index in [4.69, 9.17) is 11.6 Å². The Balaban J connectivity index is 1.90. The minimum atomic E-state index is -0.109. The number of rotatable bonds is 4. The minimum Gasteiger partial charge on any atom is -0.396 e. The molecule has 1 aromatic heterocycles. The van der Waals surface area contributed by atoms with Crippen LogP contribution in [0.1, 0.15) is 19.8 Å². The molecular formula is C14H20ClN3O2. The number of aromatic nitrogens is 1. The van der Waals surface area contributed by atoms with Gasteiger partial charge in [0.25, 0.3) is 0 Å². The van der Waals surface area contributed by atoms with Crippen LogP contribution in [-0.4, -0.2) is 47.1 Å². The summed E-state index contributed by atoms with van der Waals surface area (Å²) in [7, 11) is 0. The van der Waals surface area contributed by atoms with Gasteiger partial charge in [0.05, 0.1) is 12.2 Å². The number of aliphatic hydroxyl groups is 1. The van der Waals surface area contributed by atoms with Crippen LogP contribution in [0.4, 0.5) is 5.69 Å². The largest absolute Gasteiger partial charge is 0.396 e. The topological polar surface area (TPSA) is 65.5 Å². The number of pyridine rings is 1. The van der Waals surface area contributed by atoms with Gasteiger partial charge < -0.3 is 10.4 Å². The highest BCUT2D eigenvalue weighted by Crippen LogP contribution is 2.28. The van der Waals surface area contributed by atoms with Crippen molar-refractivity contribution >= 4 is 23.2 Å². The summed E-state index contributed by atoms with van der Waals surface area (Å²) >= 11 is 5.91. The maximum atomic E-state index is 12.0. The lowest BCUT2D eigenvalue weighted by atomic mass is 9.83. The van der Waals surface area contributed by atoms with Gasteiger partial charge in [0.15, 0.2) is 5.15 Å². The summed E-state index contributed by atoms with van der Waals surface area (Å²) in [5, 5.41) is 12.5. The molecule has 1 aromatic rings. The second-order valence-electron chi connectivity index (χ2n) is 5.67. The number of piperidine rings is 1. The Labute approximate surface area is 123 Å². The number of halogens is 1. The summed E-state index contributed by atoms with van der Waals surface area (Å²) in [6.45, 7) is 4.12. The van der Waals surface area contributed by atoms with Gasteiger partial charge in [0.1, 0.15) is 0 Å². The van der Waals surface area contributed by atoms with Crippen molar-refractivity contribution in [1.29, 1.82) is 0 Å². The highest BCUT2D eigenvalue weighted by molar-refractivity contribution is 6.32. The van der Waals surface area contributed by atoms with Gasteiger partial charge in [-0.2, -0.15) is 0 Å². The smallest absolute Gasteiger partial charge is 0.238 e. The fraction of sp³-hybridized carbons (Fsp3) is 0.571. The van der Waals surface area contributed by atoms with Crippen molar-refractivity contribution in [3.8, 4) is 0 Å². The molecular weight excluding hydrogens is 278 g/mol. The first-order chi connectivity index (χ1) is 9.52. The second-order valence-corrected chi connectivity index (χ2v) is 6.03. The molecule has 1 aliphatic rings. The average Bonchev–Trinajstić information content (AvgIpc) is 2.41. The van der Waals surface area contributed by atoms with E-state index in [1.54, 1.807) is 18.3 Å². The molecule has 2 rings (SSSR count). The molecule has 1 saturated heterocycles. The van der Waals surface area contributed by atoms with Crippen LogP contribution in [0.15, 0.2) is 18.3 Å². The Bertz CT molecular complexity index is 483. The molecule has 1 amide bonds. The Kier molecular flexibility index (Phi) is 4.96. The lowest BCUT2D eigenvalue weighted by Crippen LogP contribution is -2.46. The van der Waals surface area contributed by atoms with Gasteiger partial charge in [-0.1, -0.05) is 18.5 Å². The fourth-order valence-electron chi connectivity index (χ4n) is 2.56. The number of nitrogens with zero attached hydrogens (tertiary/aromatic N) is 2. The van der Waals surface area contributed by atoms with Gasteiger partial charge in [-0.25, -0.2) is 4.98 Å². The summed E-state index contributed by atoms with van der Waals surface area (Å²) in [5.74, 6) is -0.109. The number of amides is 1. The van der Waals surface area contributed by atoms with Crippen LogP contribution in [0.25, 0.3) is 0 Å². The molecule has 0 spiro atoms. The van der Waals surface area contributed by atoms with Crippen LogP contribution in [0.5, 0.6) is 0 Å². The first-order valence-corrected chi connectivity index (χ1v) is 7.14. The summed E-state index contributed by atoms with van der Waals surface area (Å²) < 4.78 is 0. The van der Waals surface area contributed by atoms with E-state index < -0.39 is 0 Å². The molecule has 5 nitrogen and oxygen atoms in total. The Morgan fingerprint density at radius 2 is 2.45 bits per heavy atom. The molecule has 1 fully saturated rings. The Hall–Kier alpha value is -1.17. The van der Waals surface area contributed by atoms with Crippen LogP contribution >= 0.6 is 11.6 Å². The number of carbonyl (C=O) groups excluding carboxylic acids is 1. The fourth-order valence-corrected chi connectivity index (χ4v) is 2.73. The molecule has 1 aliphatic heterocycles. The highest BCUT2D eigenvalue weighted by Gasteiger charge is 2.31. The predicted octanol–water partition coefficient (Wildman–Crippen LogP) is 1.77. The first-order valence-electron chi connectivity index (χ1n) is 6.76. The van der Waals surface area contributed by atoms with Crippen molar-refractivity contribution in [3.63, 3.8) is 0 Å². The maximum Gasteiger partial charge on any atom is 0.238 e. The number of likely N-dealkylation sites (tertiary alicyclic amines) is 1. The van der Waals surface area contributed by atoms with Crippen LogP contribution in [0, 0.1) is 5.41 Å². The second kappa shape index (κ2) is 6.52. The van der Waals surface area contributed by atoms with Crippen LogP contribution in [0.3, 0.4) is 0 Å². The van der Waals surface area contributed by atoms with Crippen molar-refractivity contribution < 1.29 is 9.90 Å². The molecule has 2 N–H and O–H groups in total. The summed E-state index contributed by atoms with van der Waals surface area (Å²) in [4.78, 5) is 18.0. The van der Waals surface area contributed by atoms with Gasteiger partial charge in [-0.05, 0) is 31.5 Å². The summed E-state index contributed by atoms with van der Waals surface area (Å²) in [6, 6.07) is 3.45. The normalized spacial score (nSPS) is 23.6. The van der Waals surface area contributed by atoms with E-state index >= 15 is 0 Å². The lowest BCUT2D eigenvalue weighted by Gasteiger charge is -2.38. The number of carbonyl (C=O) groups is 1. The molecule has 0 aliphatic carbocycles. The van der Waals surface area contributed by atoms with E-state index in [1.807, 2.05) is 0 Å². The molecule has 1 atom stereocenters. The average molecular weight is 298 g/mol. The molecule has 1 unspecified atom stereocenters. The van der Waals surface area contributed by atoms with Crippen LogP contribution in [-0.2, 0) is 4.79 Å². The number of hydrogen-bond donors (Lipinski definition) is 2. The standard InChI is InChI=1S/C14H20ClN3O2/c1-14(10-19)5-3-7-18(9-14)8-12(20)17-11-4-2-6-16-13(11)15/h2,4,6,19H,3,5,7-10H2,1H3,(H,17,20). The van der Waals surface area contributed by atoms with E-state index in [1.165, 1.54) is 0 Å². The SMILES string of the molecule is CC1(CO)CCCN(CC(=O)Nc2cccnc2Cl)C1. The van der Waals surface area contributed by atoms with E-state index in [2.05, 4.69) is 22.1 Å². The molecule has 2 heterocycles. The number of nitrogens with one attached hydrogen (secondary N) is 1. The number of anilines is 1. The monoisotopic (exact) mass is 297 g/mol. The molecule has 0 aromatic carbocycles. The van der Waals surface area contributed by atoms with Crippen molar-refractivity contribution in [3.05, 3.63) is 23.5 Å². The zero-order valence-electron chi connectivity index (χ0n) is 11.6. The molecule has 6 heteroatoms. The van der Waals surface area contributed by atoms with Crippen molar-refractivity contribution in [2.45, 2.75) is 19.8 Å². The molecule has 110 valence electrons. The molecule has 0 radical (unpaired) electrons. The molecule has 20 heavy (non-hydrogen) atoms. The van der Waals surface area contributed by atoms with Gasteiger partial charge in [-0.3, -0.25) is 9.69 Å². The summed E-state index contributed by atoms with van der Waals surface area (Å²) in [5.41, 5.74) is 0.422. The van der Waals surface area contributed by atoms with E-state index in [0.717, 1.165) is 25.9 Å². The predicted molar refractivity (Wildman–Crippen MR) is 78.7 cm³/mol. The Morgan fingerprint density at radius 1 is 1.65 bits per heavy atom. The zero-order valence-corrected chi connectivity index (χ0v) is 12.4. The van der Waals surface area contributed by atoms with Crippen LogP contribution < -0.4 is 5.32 Å². The van der Waals surface area contributed by atoms with Gasteiger partial charge in [0, 0.05) is 24.8 Å². The van der Waals surface area contributed by atoms with Crippen molar-refractivity contribution in [2.75, 3.05) is 31.6 Å². The third kappa shape index (κ3) is 3.91. The van der Waals surface area contributed by atoms with E-state index in [9.17, 15) is 9.90 Å². The quantitative estimate of drug-likeness (QED) is 0.831. The first kappa shape index (κ1) is 15.2. The zero-order chi connectivity index (χ0) is 14.6. The van der Waals surface area contributed by atoms with E-state index in [0.29, 0.717) is 17.4 Å². The van der Waals surface area contributed by atoms with E-state index in [-0.39, 0.29) is 17.9 Å². The number of hydrogen-bond acceptors (Lipinski definition) is 4. The van der Waals surface area contributed by atoms with Crippen molar-refractivity contribution in [2.24, 2.45) is 5.41 Å². The highest BCUT2D eigenvalue weighted by atomic mass is 35.5. The van der Waals surface area contributed by atoms with Gasteiger partial charge in [0.2, 0.25) is 5.91 Å². The van der Waals surface area contributed by atoms with Crippen LogP contribution in [0.2, 0.25) is 5.15 Å². The minimum absolute atomic E-state index is 0.107. The Morgan fingerprint density at radius 3 is 3.15 bits per heavy atom. The number of aliphatic hydroxyl groups excluding tert-OH is 1. The maximum absolute atomic E-state index is 12.0. The molecule has 0 saturated carbocycles. The lowest BCUT2D eigenvalue weighted by molar-refractivity contribution is -0.118. The third-order valence-corrected chi connectivity index (χ3v) is 3.94.